The molecular weight excluding hydrogens is 745 g/mol. The Hall–Kier alpha value is -5.90. The molecule has 0 radical (unpaired) electrons. The zero-order valence-corrected chi connectivity index (χ0v) is 32.7. The van der Waals surface area contributed by atoms with Crippen molar-refractivity contribution >= 4 is 11.4 Å². The molecule has 0 saturated carbocycles. The quantitative estimate of drug-likeness (QED) is 0.144. The minimum Gasteiger partial charge on any atom is -0.491 e. The Balaban J connectivity index is 0.825. The van der Waals surface area contributed by atoms with E-state index in [1.54, 1.807) is 15.6 Å². The fourth-order valence-corrected chi connectivity index (χ4v) is 7.63. The normalized spacial score (nSPS) is 19.9. The van der Waals surface area contributed by atoms with Crippen molar-refractivity contribution in [3.8, 4) is 11.4 Å². The van der Waals surface area contributed by atoms with E-state index in [9.17, 15) is 13.6 Å². The largest absolute Gasteiger partial charge is 0.491 e. The summed E-state index contributed by atoms with van der Waals surface area (Å²) in [6.07, 6.45) is 3.93. The van der Waals surface area contributed by atoms with Crippen LogP contribution in [0.4, 0.5) is 20.2 Å². The summed E-state index contributed by atoms with van der Waals surface area (Å²) in [6, 6.07) is 29.6. The summed E-state index contributed by atoms with van der Waals surface area (Å²) in [5.74, 6) is -2.32. The van der Waals surface area contributed by atoms with Gasteiger partial charge in [-0.25, -0.2) is 32.5 Å². The third-order valence-electron chi connectivity index (χ3n) is 11.1. The SMILES string of the molecule is CC(NC(C)C(C)n1ncn(-c2ccc(N3CCN(c4ccc(OCC5COC(Cn6cncn6)(c6ccc(F)cc6F)O5)cc4)CC3)cc2)c1=O)c1ccccc1. The summed E-state index contributed by atoms with van der Waals surface area (Å²) in [5.41, 5.74) is 4.05. The molecule has 15 heteroatoms. The maximum Gasteiger partial charge on any atom is 0.350 e. The van der Waals surface area contributed by atoms with Gasteiger partial charge in [-0.3, -0.25) is 0 Å². The van der Waals surface area contributed by atoms with E-state index >= 15 is 0 Å². The first-order valence-electron chi connectivity index (χ1n) is 19.6. The number of hydrogen-bond acceptors (Lipinski definition) is 10. The molecule has 0 amide bonds. The van der Waals surface area contributed by atoms with Gasteiger partial charge < -0.3 is 29.3 Å². The summed E-state index contributed by atoms with van der Waals surface area (Å²) < 4.78 is 51.7. The van der Waals surface area contributed by atoms with Crippen LogP contribution in [0.3, 0.4) is 0 Å². The van der Waals surface area contributed by atoms with Crippen LogP contribution in [0.2, 0.25) is 0 Å². The van der Waals surface area contributed by atoms with E-state index in [4.69, 9.17) is 14.2 Å². The molecule has 2 aromatic heterocycles. The van der Waals surface area contributed by atoms with Gasteiger partial charge in [-0.15, -0.1) is 0 Å². The van der Waals surface area contributed by atoms with Gasteiger partial charge in [0.25, 0.3) is 0 Å². The Labute approximate surface area is 335 Å². The van der Waals surface area contributed by atoms with E-state index < -0.39 is 23.5 Å². The predicted molar refractivity (Wildman–Crippen MR) is 215 cm³/mol. The number of aromatic nitrogens is 6. The van der Waals surface area contributed by atoms with Crippen LogP contribution in [-0.4, -0.2) is 80.7 Å². The number of nitrogens with one attached hydrogen (secondary N) is 1. The third-order valence-corrected chi connectivity index (χ3v) is 11.1. The van der Waals surface area contributed by atoms with Crippen LogP contribution in [0.1, 0.15) is 44.0 Å². The van der Waals surface area contributed by atoms with Gasteiger partial charge in [0, 0.05) is 61.3 Å². The highest BCUT2D eigenvalue weighted by Gasteiger charge is 2.46. The third kappa shape index (κ3) is 8.37. The molecule has 6 aromatic rings. The topological polar surface area (TPSA) is 117 Å². The first kappa shape index (κ1) is 38.9. The van der Waals surface area contributed by atoms with Crippen molar-refractivity contribution in [2.45, 2.75) is 57.3 Å². The van der Waals surface area contributed by atoms with Gasteiger partial charge in [0.1, 0.15) is 55.6 Å². The van der Waals surface area contributed by atoms with E-state index in [0.717, 1.165) is 49.3 Å². The van der Waals surface area contributed by atoms with Gasteiger partial charge in [0.2, 0.25) is 5.79 Å². The standard InChI is InChI=1S/C43H47F2N9O4/c1-30(49-31(2)33-7-5-4-6-8-33)32(3)54-42(55)53(29-48-54)37-12-10-35(11-13-37)50-19-21-51(22-20-50)36-14-16-38(17-15-36)56-24-39-25-57-43(58-39,26-52-28-46-27-47-52)40-18-9-34(44)23-41(40)45/h4-18,23,27-32,39,49H,19-22,24-26H2,1-3H3. The highest BCUT2D eigenvalue weighted by atomic mass is 19.1. The molecular formula is C43H47F2N9O4. The second kappa shape index (κ2) is 16.9. The molecule has 13 nitrogen and oxygen atoms in total. The molecule has 2 saturated heterocycles. The Morgan fingerprint density at radius 1 is 0.845 bits per heavy atom. The van der Waals surface area contributed by atoms with Crippen molar-refractivity contribution < 1.29 is 23.0 Å². The molecule has 2 fully saturated rings. The zero-order valence-electron chi connectivity index (χ0n) is 32.7. The summed E-state index contributed by atoms with van der Waals surface area (Å²) in [6.45, 7) is 9.90. The van der Waals surface area contributed by atoms with Crippen LogP contribution in [-0.2, 0) is 21.8 Å². The van der Waals surface area contributed by atoms with Gasteiger partial charge in [-0.1, -0.05) is 30.3 Å². The Morgan fingerprint density at radius 2 is 1.52 bits per heavy atom. The van der Waals surface area contributed by atoms with Crippen LogP contribution in [0.5, 0.6) is 5.75 Å². The molecule has 0 bridgehead atoms. The van der Waals surface area contributed by atoms with Gasteiger partial charge in [0.15, 0.2) is 0 Å². The number of hydrogen-bond donors (Lipinski definition) is 1. The lowest BCUT2D eigenvalue weighted by atomic mass is 10.0. The smallest absolute Gasteiger partial charge is 0.350 e. The summed E-state index contributed by atoms with van der Waals surface area (Å²) in [7, 11) is 0. The van der Waals surface area contributed by atoms with E-state index in [1.807, 2.05) is 61.5 Å². The molecule has 4 aromatic carbocycles. The maximum atomic E-state index is 14.9. The molecule has 1 N–H and O–H groups in total. The van der Waals surface area contributed by atoms with Crippen molar-refractivity contribution in [2.75, 3.05) is 49.2 Å². The lowest BCUT2D eigenvalue weighted by Gasteiger charge is -2.37. The fraction of sp³-hybridized carbons (Fsp3) is 0.349. The fourth-order valence-electron chi connectivity index (χ4n) is 7.63. The van der Waals surface area contributed by atoms with E-state index in [1.165, 1.54) is 35.0 Å². The Bertz CT molecular complexity index is 2320. The average Bonchev–Trinajstić information content (AvgIpc) is 4.01. The van der Waals surface area contributed by atoms with Crippen molar-refractivity contribution in [3.63, 3.8) is 0 Å². The second-order valence-electron chi connectivity index (χ2n) is 14.9. The van der Waals surface area contributed by atoms with Crippen molar-refractivity contribution in [3.05, 3.63) is 149 Å². The monoisotopic (exact) mass is 791 g/mol. The summed E-state index contributed by atoms with van der Waals surface area (Å²) in [4.78, 5) is 22.1. The lowest BCUT2D eigenvalue weighted by molar-refractivity contribution is -0.192. The number of nitrogens with zero attached hydrogens (tertiary/aromatic N) is 8. The number of halogens is 2. The molecule has 5 unspecified atom stereocenters. The number of piperazine rings is 1. The van der Waals surface area contributed by atoms with Crippen molar-refractivity contribution in [1.82, 2.24) is 34.4 Å². The molecule has 2 aliphatic heterocycles. The molecule has 2 aliphatic rings. The number of anilines is 2. The van der Waals surface area contributed by atoms with Crippen LogP contribution < -0.4 is 25.5 Å². The molecule has 5 atom stereocenters. The molecule has 4 heterocycles. The first-order valence-corrected chi connectivity index (χ1v) is 19.6. The lowest BCUT2D eigenvalue weighted by Crippen LogP contribution is -2.46. The molecule has 8 rings (SSSR count). The first-order chi connectivity index (χ1) is 28.2. The van der Waals surface area contributed by atoms with E-state index in [2.05, 4.69) is 68.4 Å². The Morgan fingerprint density at radius 3 is 2.17 bits per heavy atom. The van der Waals surface area contributed by atoms with Crippen LogP contribution in [0.15, 0.2) is 121 Å². The molecule has 0 spiro atoms. The number of ether oxygens (including phenoxy) is 3. The van der Waals surface area contributed by atoms with Gasteiger partial charge in [0.05, 0.1) is 18.3 Å². The molecule has 0 aliphatic carbocycles. The summed E-state index contributed by atoms with van der Waals surface area (Å²) >= 11 is 0. The second-order valence-corrected chi connectivity index (χ2v) is 14.9. The highest BCUT2D eigenvalue weighted by molar-refractivity contribution is 5.54. The van der Waals surface area contributed by atoms with Gasteiger partial charge in [-0.2, -0.15) is 10.2 Å². The predicted octanol–water partition coefficient (Wildman–Crippen LogP) is 5.88. The van der Waals surface area contributed by atoms with Gasteiger partial charge >= 0.3 is 5.69 Å². The van der Waals surface area contributed by atoms with Crippen LogP contribution >= 0.6 is 0 Å². The summed E-state index contributed by atoms with van der Waals surface area (Å²) in [5, 5.41) is 12.2. The van der Waals surface area contributed by atoms with Crippen molar-refractivity contribution in [1.29, 1.82) is 0 Å². The minimum atomic E-state index is -1.52. The molecule has 58 heavy (non-hydrogen) atoms. The number of rotatable bonds is 14. The van der Waals surface area contributed by atoms with E-state index in [0.29, 0.717) is 5.75 Å². The highest BCUT2D eigenvalue weighted by Crippen LogP contribution is 2.38. The van der Waals surface area contributed by atoms with Crippen LogP contribution in [0.25, 0.3) is 5.69 Å². The average molecular weight is 792 g/mol. The number of benzene rings is 4. The van der Waals surface area contributed by atoms with Gasteiger partial charge in [-0.05, 0) is 87.0 Å². The zero-order chi connectivity index (χ0) is 40.2. The van der Waals surface area contributed by atoms with Crippen molar-refractivity contribution in [2.24, 2.45) is 0 Å². The Kier molecular flexibility index (Phi) is 11.4. The van der Waals surface area contributed by atoms with Crippen LogP contribution in [0, 0.1) is 11.6 Å². The minimum absolute atomic E-state index is 0.0141. The molecule has 302 valence electrons. The maximum absolute atomic E-state index is 14.9. The van der Waals surface area contributed by atoms with E-state index in [-0.39, 0.29) is 49.1 Å².